The first-order valence-corrected chi connectivity index (χ1v) is 4.44. The van der Waals surface area contributed by atoms with Crippen molar-refractivity contribution in [1.82, 2.24) is 4.98 Å². The van der Waals surface area contributed by atoms with Gasteiger partial charge < -0.3 is 4.42 Å². The van der Waals surface area contributed by atoms with E-state index in [0.29, 0.717) is 5.89 Å². The molecule has 0 saturated carbocycles. The van der Waals surface area contributed by atoms with Crippen molar-refractivity contribution in [2.45, 2.75) is 20.3 Å². The minimum atomic E-state index is 0.229. The molecule has 0 bridgehead atoms. The fourth-order valence-corrected chi connectivity index (χ4v) is 1.57. The van der Waals surface area contributed by atoms with Gasteiger partial charge in [0.1, 0.15) is 11.9 Å². The monoisotopic (exact) mass is 186 g/mol. The van der Waals surface area contributed by atoms with Gasteiger partial charge in [-0.1, -0.05) is 6.07 Å². The first kappa shape index (κ1) is 8.76. The molecule has 0 atom stereocenters. The van der Waals surface area contributed by atoms with Gasteiger partial charge in [0.05, 0.1) is 6.07 Å². The second kappa shape index (κ2) is 3.15. The van der Waals surface area contributed by atoms with Crippen LogP contribution in [-0.2, 0) is 6.42 Å². The molecule has 2 aromatic rings. The molecule has 14 heavy (non-hydrogen) atoms. The summed E-state index contributed by atoms with van der Waals surface area (Å²) in [6, 6.07) is 6.03. The summed E-state index contributed by atoms with van der Waals surface area (Å²) in [4.78, 5) is 4.23. The summed E-state index contributed by atoms with van der Waals surface area (Å²) < 4.78 is 5.46. The quantitative estimate of drug-likeness (QED) is 0.687. The van der Waals surface area contributed by atoms with Crippen molar-refractivity contribution < 1.29 is 4.42 Å². The van der Waals surface area contributed by atoms with Gasteiger partial charge in [-0.3, -0.25) is 0 Å². The molecular formula is C11H10N2O. The first-order valence-electron chi connectivity index (χ1n) is 4.44. The van der Waals surface area contributed by atoms with E-state index in [2.05, 4.69) is 4.98 Å². The molecule has 0 aliphatic rings. The average Bonchev–Trinajstić information content (AvgIpc) is 2.48. The summed E-state index contributed by atoms with van der Waals surface area (Å²) in [5, 5.41) is 8.52. The van der Waals surface area contributed by atoms with Crippen LogP contribution in [-0.4, -0.2) is 4.98 Å². The predicted molar refractivity (Wildman–Crippen MR) is 52.8 cm³/mol. The molecular weight excluding hydrogens is 176 g/mol. The third-order valence-electron chi connectivity index (χ3n) is 2.09. The van der Waals surface area contributed by atoms with Crippen LogP contribution in [0, 0.1) is 25.2 Å². The summed E-state index contributed by atoms with van der Waals surface area (Å²) in [6.45, 7) is 4.00. The molecule has 0 N–H and O–H groups in total. The molecule has 1 aromatic carbocycles. The van der Waals surface area contributed by atoms with Gasteiger partial charge in [-0.2, -0.15) is 5.26 Å². The fourth-order valence-electron chi connectivity index (χ4n) is 1.57. The van der Waals surface area contributed by atoms with E-state index in [0.717, 1.165) is 22.2 Å². The standard InChI is InChI=1S/C11H10N2O/c1-7-5-8(2)11-9(6-7)13-10(14-11)3-4-12/h5-6H,3H2,1-2H3. The van der Waals surface area contributed by atoms with Crippen LogP contribution in [0.5, 0.6) is 0 Å². The van der Waals surface area contributed by atoms with Crippen molar-refractivity contribution in [1.29, 1.82) is 5.26 Å². The molecule has 0 spiro atoms. The Morgan fingerprint density at radius 3 is 2.93 bits per heavy atom. The highest BCUT2D eigenvalue weighted by Gasteiger charge is 2.07. The Labute approximate surface area is 82.0 Å². The molecule has 1 heterocycles. The number of fused-ring (bicyclic) bond motifs is 1. The highest BCUT2D eigenvalue weighted by Crippen LogP contribution is 2.21. The van der Waals surface area contributed by atoms with E-state index in [-0.39, 0.29) is 6.42 Å². The van der Waals surface area contributed by atoms with E-state index in [1.807, 2.05) is 32.0 Å². The number of benzene rings is 1. The molecule has 0 unspecified atom stereocenters. The largest absolute Gasteiger partial charge is 0.439 e. The molecule has 2 rings (SSSR count). The molecule has 0 aliphatic carbocycles. The third-order valence-corrected chi connectivity index (χ3v) is 2.09. The molecule has 0 aliphatic heterocycles. The van der Waals surface area contributed by atoms with Crippen molar-refractivity contribution in [2.75, 3.05) is 0 Å². The van der Waals surface area contributed by atoms with Crippen molar-refractivity contribution in [2.24, 2.45) is 0 Å². The zero-order valence-corrected chi connectivity index (χ0v) is 8.16. The average molecular weight is 186 g/mol. The van der Waals surface area contributed by atoms with Gasteiger partial charge >= 0.3 is 0 Å². The van der Waals surface area contributed by atoms with Crippen LogP contribution in [0.4, 0.5) is 0 Å². The van der Waals surface area contributed by atoms with Crippen molar-refractivity contribution in [3.8, 4) is 6.07 Å². The van der Waals surface area contributed by atoms with Gasteiger partial charge in [0.25, 0.3) is 0 Å². The maximum atomic E-state index is 8.52. The Kier molecular flexibility index (Phi) is 1.97. The van der Waals surface area contributed by atoms with Crippen LogP contribution in [0.2, 0.25) is 0 Å². The Morgan fingerprint density at radius 2 is 2.21 bits per heavy atom. The molecule has 70 valence electrons. The summed E-state index contributed by atoms with van der Waals surface area (Å²) >= 11 is 0. The van der Waals surface area contributed by atoms with Crippen LogP contribution in [0.15, 0.2) is 16.5 Å². The maximum Gasteiger partial charge on any atom is 0.209 e. The summed E-state index contributed by atoms with van der Waals surface area (Å²) in [5.74, 6) is 0.496. The number of oxazole rings is 1. The van der Waals surface area contributed by atoms with Crippen LogP contribution < -0.4 is 0 Å². The van der Waals surface area contributed by atoms with Gasteiger partial charge in [0, 0.05) is 0 Å². The molecule has 0 amide bonds. The van der Waals surface area contributed by atoms with Crippen LogP contribution in [0.3, 0.4) is 0 Å². The topological polar surface area (TPSA) is 49.8 Å². The normalized spacial score (nSPS) is 10.4. The number of hydrogen-bond donors (Lipinski definition) is 0. The summed E-state index contributed by atoms with van der Waals surface area (Å²) in [7, 11) is 0. The van der Waals surface area contributed by atoms with Gasteiger partial charge in [-0.05, 0) is 31.0 Å². The number of nitriles is 1. The van der Waals surface area contributed by atoms with Crippen LogP contribution in [0.25, 0.3) is 11.1 Å². The molecule has 0 fully saturated rings. The molecule has 0 radical (unpaired) electrons. The second-order valence-electron chi connectivity index (χ2n) is 3.37. The van der Waals surface area contributed by atoms with Crippen molar-refractivity contribution >= 4 is 11.1 Å². The number of aromatic nitrogens is 1. The second-order valence-corrected chi connectivity index (χ2v) is 3.37. The van der Waals surface area contributed by atoms with Crippen molar-refractivity contribution in [3.63, 3.8) is 0 Å². The van der Waals surface area contributed by atoms with Gasteiger partial charge in [-0.25, -0.2) is 4.98 Å². The lowest BCUT2D eigenvalue weighted by Gasteiger charge is -1.94. The minimum Gasteiger partial charge on any atom is -0.439 e. The molecule has 3 heteroatoms. The van der Waals surface area contributed by atoms with E-state index < -0.39 is 0 Å². The molecule has 0 saturated heterocycles. The number of aryl methyl sites for hydroxylation is 2. The van der Waals surface area contributed by atoms with Crippen LogP contribution >= 0.6 is 0 Å². The maximum absolute atomic E-state index is 8.52. The first-order chi connectivity index (χ1) is 6.70. The highest BCUT2D eigenvalue weighted by molar-refractivity contribution is 5.77. The van der Waals surface area contributed by atoms with Crippen molar-refractivity contribution in [3.05, 3.63) is 29.2 Å². The smallest absolute Gasteiger partial charge is 0.209 e. The fraction of sp³-hybridized carbons (Fsp3) is 0.273. The SMILES string of the molecule is Cc1cc(C)c2oc(CC#N)nc2c1. The zero-order valence-electron chi connectivity index (χ0n) is 8.16. The van der Waals surface area contributed by atoms with E-state index in [1.54, 1.807) is 0 Å². The Bertz CT molecular complexity index is 520. The van der Waals surface area contributed by atoms with Gasteiger partial charge in [0.15, 0.2) is 5.58 Å². The third kappa shape index (κ3) is 1.35. The number of hydrogen-bond acceptors (Lipinski definition) is 3. The zero-order chi connectivity index (χ0) is 10.1. The van der Waals surface area contributed by atoms with E-state index in [4.69, 9.17) is 9.68 Å². The predicted octanol–water partition coefficient (Wildman–Crippen LogP) is 2.51. The minimum absolute atomic E-state index is 0.229. The van der Waals surface area contributed by atoms with E-state index in [1.165, 1.54) is 0 Å². The number of rotatable bonds is 1. The van der Waals surface area contributed by atoms with Crippen LogP contribution in [0.1, 0.15) is 17.0 Å². The molecule has 3 nitrogen and oxygen atoms in total. The number of nitrogens with zero attached hydrogens (tertiary/aromatic N) is 2. The Morgan fingerprint density at radius 1 is 1.43 bits per heavy atom. The Balaban J connectivity index is 2.66. The summed E-state index contributed by atoms with van der Waals surface area (Å²) in [6.07, 6.45) is 0.229. The van der Waals surface area contributed by atoms with Gasteiger partial charge in [0.2, 0.25) is 5.89 Å². The lowest BCUT2D eigenvalue weighted by molar-refractivity contribution is 0.546. The molecule has 1 aromatic heterocycles. The summed E-state index contributed by atoms with van der Waals surface area (Å²) in [5.41, 5.74) is 3.86. The van der Waals surface area contributed by atoms with Gasteiger partial charge in [-0.15, -0.1) is 0 Å². The lowest BCUT2D eigenvalue weighted by atomic mass is 10.1. The lowest BCUT2D eigenvalue weighted by Crippen LogP contribution is -1.79. The van der Waals surface area contributed by atoms with E-state index >= 15 is 0 Å². The van der Waals surface area contributed by atoms with E-state index in [9.17, 15) is 0 Å². The highest BCUT2D eigenvalue weighted by atomic mass is 16.3. The Hall–Kier alpha value is -1.82.